The fourth-order valence-electron chi connectivity index (χ4n) is 1.43. The quantitative estimate of drug-likeness (QED) is 0.623. The molecule has 3 nitrogen and oxygen atoms in total. The van der Waals surface area contributed by atoms with E-state index in [1.54, 1.807) is 0 Å². The SMILES string of the molecule is C#CCC1(C(=O)O)CCCOC1. The molecule has 3 heteroatoms. The van der Waals surface area contributed by atoms with Gasteiger partial charge in [0, 0.05) is 13.0 Å². The summed E-state index contributed by atoms with van der Waals surface area (Å²) in [6.07, 6.45) is 6.80. The number of hydrogen-bond donors (Lipinski definition) is 1. The number of terminal acetylenes is 1. The minimum atomic E-state index is -0.833. The van der Waals surface area contributed by atoms with Crippen molar-refractivity contribution in [2.24, 2.45) is 5.41 Å². The van der Waals surface area contributed by atoms with E-state index in [1.165, 1.54) is 0 Å². The van der Waals surface area contributed by atoms with E-state index in [-0.39, 0.29) is 13.0 Å². The van der Waals surface area contributed by atoms with E-state index in [0.717, 1.165) is 6.42 Å². The highest BCUT2D eigenvalue weighted by Gasteiger charge is 2.39. The lowest BCUT2D eigenvalue weighted by molar-refractivity contribution is -0.156. The summed E-state index contributed by atoms with van der Waals surface area (Å²) in [4.78, 5) is 10.9. The van der Waals surface area contributed by atoms with E-state index >= 15 is 0 Å². The Labute approximate surface area is 71.7 Å². The van der Waals surface area contributed by atoms with E-state index in [1.807, 2.05) is 0 Å². The van der Waals surface area contributed by atoms with Gasteiger partial charge in [-0.05, 0) is 12.8 Å². The van der Waals surface area contributed by atoms with Crippen molar-refractivity contribution in [1.82, 2.24) is 0 Å². The third-order valence-electron chi connectivity index (χ3n) is 2.22. The van der Waals surface area contributed by atoms with Crippen LogP contribution in [0.3, 0.4) is 0 Å². The number of rotatable bonds is 2. The molecule has 1 N–H and O–H groups in total. The van der Waals surface area contributed by atoms with Gasteiger partial charge in [-0.15, -0.1) is 12.3 Å². The van der Waals surface area contributed by atoms with Gasteiger partial charge in [-0.2, -0.15) is 0 Å². The fourth-order valence-corrected chi connectivity index (χ4v) is 1.43. The lowest BCUT2D eigenvalue weighted by Gasteiger charge is -2.31. The van der Waals surface area contributed by atoms with Gasteiger partial charge < -0.3 is 9.84 Å². The van der Waals surface area contributed by atoms with Crippen LogP contribution in [0.2, 0.25) is 0 Å². The van der Waals surface area contributed by atoms with E-state index in [2.05, 4.69) is 5.92 Å². The summed E-state index contributed by atoms with van der Waals surface area (Å²) >= 11 is 0. The molecule has 1 unspecified atom stereocenters. The lowest BCUT2D eigenvalue weighted by Crippen LogP contribution is -2.39. The summed E-state index contributed by atoms with van der Waals surface area (Å²) in [5.41, 5.74) is -0.812. The number of carboxylic acids is 1. The van der Waals surface area contributed by atoms with Crippen LogP contribution >= 0.6 is 0 Å². The zero-order valence-electron chi connectivity index (χ0n) is 6.88. The van der Waals surface area contributed by atoms with Crippen molar-refractivity contribution >= 4 is 5.97 Å². The van der Waals surface area contributed by atoms with Gasteiger partial charge >= 0.3 is 5.97 Å². The Hall–Kier alpha value is -1.01. The predicted molar refractivity (Wildman–Crippen MR) is 43.6 cm³/mol. The third kappa shape index (κ3) is 1.59. The first kappa shape index (κ1) is 9.08. The first-order chi connectivity index (χ1) is 5.71. The molecular formula is C9H12O3. The van der Waals surface area contributed by atoms with Crippen LogP contribution < -0.4 is 0 Å². The maximum absolute atomic E-state index is 10.9. The van der Waals surface area contributed by atoms with Crippen LogP contribution in [0.15, 0.2) is 0 Å². The second kappa shape index (κ2) is 3.59. The Morgan fingerprint density at radius 2 is 2.50 bits per heavy atom. The molecule has 0 spiro atoms. The smallest absolute Gasteiger partial charge is 0.312 e. The van der Waals surface area contributed by atoms with Crippen molar-refractivity contribution in [2.45, 2.75) is 19.3 Å². The van der Waals surface area contributed by atoms with Crippen molar-refractivity contribution in [3.05, 3.63) is 0 Å². The monoisotopic (exact) mass is 168 g/mol. The molecule has 1 aliphatic rings. The molecule has 0 amide bonds. The molecule has 0 radical (unpaired) electrons. The standard InChI is InChI=1S/C9H12O3/c1-2-4-9(8(10)11)5-3-6-12-7-9/h1H,3-7H2,(H,10,11). The molecule has 1 atom stereocenters. The van der Waals surface area contributed by atoms with Crippen molar-refractivity contribution in [1.29, 1.82) is 0 Å². The number of carbonyl (C=O) groups is 1. The van der Waals surface area contributed by atoms with Crippen molar-refractivity contribution in [2.75, 3.05) is 13.2 Å². The third-order valence-corrected chi connectivity index (χ3v) is 2.22. The van der Waals surface area contributed by atoms with Gasteiger partial charge in [-0.1, -0.05) is 0 Å². The summed E-state index contributed by atoms with van der Waals surface area (Å²) in [6, 6.07) is 0. The minimum Gasteiger partial charge on any atom is -0.481 e. The molecule has 12 heavy (non-hydrogen) atoms. The second-order valence-corrected chi connectivity index (χ2v) is 3.12. The molecule has 0 bridgehead atoms. The van der Waals surface area contributed by atoms with E-state index in [9.17, 15) is 4.79 Å². The molecule has 0 aromatic heterocycles. The van der Waals surface area contributed by atoms with Gasteiger partial charge in [0.1, 0.15) is 5.41 Å². The molecule has 1 saturated heterocycles. The van der Waals surface area contributed by atoms with Crippen LogP contribution in [0, 0.1) is 17.8 Å². The Bertz CT molecular complexity index is 208. The van der Waals surface area contributed by atoms with Crippen LogP contribution in [-0.4, -0.2) is 24.3 Å². The topological polar surface area (TPSA) is 46.5 Å². The largest absolute Gasteiger partial charge is 0.481 e. The number of hydrogen-bond acceptors (Lipinski definition) is 2. The fraction of sp³-hybridized carbons (Fsp3) is 0.667. The van der Waals surface area contributed by atoms with E-state index in [4.69, 9.17) is 16.3 Å². The first-order valence-electron chi connectivity index (χ1n) is 3.96. The van der Waals surface area contributed by atoms with Gasteiger partial charge in [0.25, 0.3) is 0 Å². The molecule has 0 aromatic carbocycles. The van der Waals surface area contributed by atoms with Crippen molar-refractivity contribution in [3.63, 3.8) is 0 Å². The summed E-state index contributed by atoms with van der Waals surface area (Å²) in [5.74, 6) is 1.57. The molecule has 1 aliphatic heterocycles. The highest BCUT2D eigenvalue weighted by molar-refractivity contribution is 5.75. The molecular weight excluding hydrogens is 156 g/mol. The summed E-state index contributed by atoms with van der Waals surface area (Å²) in [6.45, 7) is 0.909. The summed E-state index contributed by atoms with van der Waals surface area (Å²) in [5, 5.41) is 8.94. The zero-order chi connectivity index (χ0) is 9.03. The molecule has 1 heterocycles. The maximum Gasteiger partial charge on any atom is 0.312 e. The van der Waals surface area contributed by atoms with Gasteiger partial charge in [0.2, 0.25) is 0 Å². The number of carboxylic acid groups (broad SMARTS) is 1. The number of ether oxygens (including phenoxy) is 1. The molecule has 0 saturated carbocycles. The van der Waals surface area contributed by atoms with E-state index < -0.39 is 11.4 Å². The highest BCUT2D eigenvalue weighted by atomic mass is 16.5. The molecule has 0 aliphatic carbocycles. The molecule has 1 rings (SSSR count). The molecule has 1 fully saturated rings. The minimum absolute atomic E-state index is 0.256. The van der Waals surface area contributed by atoms with Crippen LogP contribution in [0.4, 0.5) is 0 Å². The van der Waals surface area contributed by atoms with Crippen molar-refractivity contribution in [3.8, 4) is 12.3 Å². The van der Waals surface area contributed by atoms with Gasteiger partial charge in [0.15, 0.2) is 0 Å². The van der Waals surface area contributed by atoms with Crippen molar-refractivity contribution < 1.29 is 14.6 Å². The van der Waals surface area contributed by atoms with Crippen LogP contribution in [0.1, 0.15) is 19.3 Å². The maximum atomic E-state index is 10.9. The Kier molecular flexibility index (Phi) is 2.72. The summed E-state index contributed by atoms with van der Waals surface area (Å²) in [7, 11) is 0. The Morgan fingerprint density at radius 3 is 2.92 bits per heavy atom. The molecule has 0 aromatic rings. The zero-order valence-corrected chi connectivity index (χ0v) is 6.88. The first-order valence-corrected chi connectivity index (χ1v) is 3.96. The number of aliphatic carboxylic acids is 1. The van der Waals surface area contributed by atoms with Crippen LogP contribution in [0.25, 0.3) is 0 Å². The van der Waals surface area contributed by atoms with Crippen LogP contribution in [-0.2, 0) is 9.53 Å². The van der Waals surface area contributed by atoms with Gasteiger partial charge in [-0.25, -0.2) is 0 Å². The average Bonchev–Trinajstić information content (AvgIpc) is 2.06. The summed E-state index contributed by atoms with van der Waals surface area (Å²) < 4.78 is 5.12. The second-order valence-electron chi connectivity index (χ2n) is 3.12. The van der Waals surface area contributed by atoms with Crippen LogP contribution in [0.5, 0.6) is 0 Å². The highest BCUT2D eigenvalue weighted by Crippen LogP contribution is 2.31. The van der Waals surface area contributed by atoms with Gasteiger partial charge in [0.05, 0.1) is 6.61 Å². The normalized spacial score (nSPS) is 29.2. The Balaban J connectivity index is 2.71. The van der Waals surface area contributed by atoms with E-state index in [0.29, 0.717) is 13.0 Å². The van der Waals surface area contributed by atoms with Gasteiger partial charge in [-0.3, -0.25) is 4.79 Å². The predicted octanol–water partition coefficient (Wildman–Crippen LogP) is 0.891. The molecule has 66 valence electrons. The Morgan fingerprint density at radius 1 is 1.75 bits per heavy atom. The lowest BCUT2D eigenvalue weighted by atomic mass is 9.80. The average molecular weight is 168 g/mol.